The number of rotatable bonds is 5. The van der Waals surface area contributed by atoms with Gasteiger partial charge in [-0.2, -0.15) is 0 Å². The summed E-state index contributed by atoms with van der Waals surface area (Å²) in [4.78, 5) is 36.5. The summed E-state index contributed by atoms with van der Waals surface area (Å²) in [5.41, 5.74) is 2.28. The van der Waals surface area contributed by atoms with Crippen LogP contribution in [0, 0.1) is 5.92 Å². The van der Waals surface area contributed by atoms with Crippen molar-refractivity contribution in [3.05, 3.63) is 46.4 Å². The molecule has 0 saturated heterocycles. The van der Waals surface area contributed by atoms with Gasteiger partial charge in [-0.1, -0.05) is 55.8 Å². The molecule has 2 heterocycles. The van der Waals surface area contributed by atoms with Gasteiger partial charge in [0.2, 0.25) is 0 Å². The molecule has 1 aromatic carbocycles. The lowest BCUT2D eigenvalue weighted by molar-refractivity contribution is -0.159. The first-order chi connectivity index (χ1) is 15.6. The lowest BCUT2D eigenvalue weighted by Crippen LogP contribution is -2.42. The van der Waals surface area contributed by atoms with Crippen molar-refractivity contribution in [2.45, 2.75) is 84.4 Å². The fourth-order valence-electron chi connectivity index (χ4n) is 4.65. The Morgan fingerprint density at radius 3 is 2.67 bits per heavy atom. The van der Waals surface area contributed by atoms with Gasteiger partial charge < -0.3 is 9.64 Å². The maximum atomic E-state index is 13.2. The number of hydrogen-bond acceptors (Lipinski definition) is 5. The van der Waals surface area contributed by atoms with E-state index >= 15 is 0 Å². The second kappa shape index (κ2) is 9.41. The number of amides is 1. The molecular weight excluding hydrogens is 438 g/mol. The first-order valence-corrected chi connectivity index (χ1v) is 12.2. The molecule has 33 heavy (non-hydrogen) atoms. The third-order valence-corrected chi connectivity index (χ3v) is 6.70. The van der Waals surface area contributed by atoms with E-state index in [1.165, 1.54) is 32.1 Å². The summed E-state index contributed by atoms with van der Waals surface area (Å²) in [7, 11) is 0. The summed E-state index contributed by atoms with van der Waals surface area (Å²) < 4.78 is 5.48. The summed E-state index contributed by atoms with van der Waals surface area (Å²) in [6, 6.07) is 5.02. The van der Waals surface area contributed by atoms with E-state index in [1.807, 2.05) is 39.0 Å². The molecule has 1 aliphatic carbocycles. The molecule has 1 saturated carbocycles. The van der Waals surface area contributed by atoms with Crippen molar-refractivity contribution < 1.29 is 14.3 Å². The number of hydrogen-bond donors (Lipinski definition) is 0. The Kier molecular flexibility index (Phi) is 6.76. The molecule has 2 aromatic rings. The van der Waals surface area contributed by atoms with Crippen molar-refractivity contribution in [2.75, 3.05) is 0 Å². The minimum Gasteiger partial charge on any atom is -0.458 e. The van der Waals surface area contributed by atoms with Crippen LogP contribution in [0.1, 0.15) is 81.5 Å². The molecule has 7 heteroatoms. The Balaban J connectivity index is 1.55. The molecular formula is C26H32ClN3O3. The topological polar surface area (TPSA) is 72.4 Å². The van der Waals surface area contributed by atoms with E-state index in [1.54, 1.807) is 18.0 Å². The van der Waals surface area contributed by atoms with Crippen molar-refractivity contribution >= 4 is 23.5 Å². The van der Waals surface area contributed by atoms with Crippen LogP contribution in [0.3, 0.4) is 0 Å². The molecule has 1 aromatic heterocycles. The summed E-state index contributed by atoms with van der Waals surface area (Å²) in [6.45, 7) is 7.53. The molecule has 1 atom stereocenters. The number of aromatic nitrogens is 2. The number of carbonyl (C=O) groups excluding carboxylic acids is 2. The summed E-state index contributed by atoms with van der Waals surface area (Å²) in [5.74, 6) is 0.832. The second-order valence-corrected chi connectivity index (χ2v) is 10.6. The summed E-state index contributed by atoms with van der Waals surface area (Å²) >= 11 is 6.46. The van der Waals surface area contributed by atoms with Crippen LogP contribution in [0.5, 0.6) is 0 Å². The molecule has 6 nitrogen and oxygen atoms in total. The zero-order valence-corrected chi connectivity index (χ0v) is 20.6. The predicted octanol–water partition coefficient (Wildman–Crippen LogP) is 5.61. The molecule has 4 rings (SSSR count). The predicted molar refractivity (Wildman–Crippen MR) is 128 cm³/mol. The molecule has 1 aliphatic heterocycles. The Labute approximate surface area is 200 Å². The highest BCUT2D eigenvalue weighted by atomic mass is 35.5. The van der Waals surface area contributed by atoms with Crippen molar-refractivity contribution in [2.24, 2.45) is 5.92 Å². The minimum atomic E-state index is -0.669. The van der Waals surface area contributed by atoms with Gasteiger partial charge in [0.25, 0.3) is 5.91 Å². The van der Waals surface area contributed by atoms with Gasteiger partial charge >= 0.3 is 5.97 Å². The van der Waals surface area contributed by atoms with Crippen LogP contribution in [0.2, 0.25) is 5.02 Å². The van der Waals surface area contributed by atoms with E-state index in [2.05, 4.69) is 4.98 Å². The number of carbonyl (C=O) groups is 2. The van der Waals surface area contributed by atoms with E-state index in [-0.39, 0.29) is 5.91 Å². The Morgan fingerprint density at radius 1 is 1.24 bits per heavy atom. The zero-order valence-electron chi connectivity index (χ0n) is 19.9. The smallest absolute Gasteiger partial charge is 0.329 e. The van der Waals surface area contributed by atoms with Crippen molar-refractivity contribution in [1.29, 1.82) is 0 Å². The highest BCUT2D eigenvalue weighted by Crippen LogP contribution is 2.33. The van der Waals surface area contributed by atoms with Crippen LogP contribution in [-0.2, 0) is 22.5 Å². The van der Waals surface area contributed by atoms with Crippen LogP contribution in [0.4, 0.5) is 0 Å². The van der Waals surface area contributed by atoms with Gasteiger partial charge in [0.15, 0.2) is 0 Å². The summed E-state index contributed by atoms with van der Waals surface area (Å²) in [5, 5.41) is 0.465. The average molecular weight is 470 g/mol. The molecule has 0 bridgehead atoms. The van der Waals surface area contributed by atoms with E-state index in [0.717, 1.165) is 23.4 Å². The van der Waals surface area contributed by atoms with Crippen LogP contribution in [0.15, 0.2) is 24.4 Å². The maximum absolute atomic E-state index is 13.2. The molecule has 1 fully saturated rings. The lowest BCUT2D eigenvalue weighted by atomic mass is 9.87. The number of nitrogens with zero attached hydrogens (tertiary/aromatic N) is 3. The molecule has 0 spiro atoms. The molecule has 0 unspecified atom stereocenters. The number of esters is 1. The minimum absolute atomic E-state index is 0.183. The zero-order chi connectivity index (χ0) is 23.8. The SMILES string of the molecule is C[C@H](C(=O)OC(C)(C)C)N1Cc2ccc(-c3nc(CC4CCCCC4)ncc3Cl)cc2C1=O. The Hall–Kier alpha value is -2.47. The van der Waals surface area contributed by atoms with Gasteiger partial charge in [-0.15, -0.1) is 0 Å². The van der Waals surface area contributed by atoms with E-state index in [4.69, 9.17) is 21.3 Å². The monoisotopic (exact) mass is 469 g/mol. The van der Waals surface area contributed by atoms with Gasteiger partial charge in [-0.3, -0.25) is 4.79 Å². The lowest BCUT2D eigenvalue weighted by Gasteiger charge is -2.27. The van der Waals surface area contributed by atoms with Gasteiger partial charge in [-0.25, -0.2) is 14.8 Å². The Morgan fingerprint density at radius 2 is 1.97 bits per heavy atom. The number of benzene rings is 1. The average Bonchev–Trinajstić information content (AvgIpc) is 3.10. The largest absolute Gasteiger partial charge is 0.458 e. The van der Waals surface area contributed by atoms with Crippen LogP contribution >= 0.6 is 11.6 Å². The van der Waals surface area contributed by atoms with Crippen molar-refractivity contribution in [1.82, 2.24) is 14.9 Å². The normalized spacial score (nSPS) is 17.7. The first-order valence-electron chi connectivity index (χ1n) is 11.8. The highest BCUT2D eigenvalue weighted by Gasteiger charge is 2.36. The van der Waals surface area contributed by atoms with E-state index in [0.29, 0.717) is 28.7 Å². The van der Waals surface area contributed by atoms with Crippen LogP contribution < -0.4 is 0 Å². The quantitative estimate of drug-likeness (QED) is 0.532. The van der Waals surface area contributed by atoms with Gasteiger partial charge in [0, 0.05) is 30.3 Å². The van der Waals surface area contributed by atoms with Crippen molar-refractivity contribution in [3.63, 3.8) is 0 Å². The van der Waals surface area contributed by atoms with Crippen molar-refractivity contribution in [3.8, 4) is 11.3 Å². The second-order valence-electron chi connectivity index (χ2n) is 10.2. The summed E-state index contributed by atoms with van der Waals surface area (Å²) in [6.07, 6.45) is 8.83. The van der Waals surface area contributed by atoms with E-state index < -0.39 is 17.6 Å². The molecule has 2 aliphatic rings. The fourth-order valence-corrected chi connectivity index (χ4v) is 4.85. The van der Waals surface area contributed by atoms with E-state index in [9.17, 15) is 9.59 Å². The number of halogens is 1. The van der Waals surface area contributed by atoms with Gasteiger partial charge in [0.05, 0.1) is 10.7 Å². The number of ether oxygens (including phenoxy) is 1. The number of fused-ring (bicyclic) bond motifs is 1. The first kappa shape index (κ1) is 23.7. The van der Waals surface area contributed by atoms with Crippen LogP contribution in [0.25, 0.3) is 11.3 Å². The fraction of sp³-hybridized carbons (Fsp3) is 0.538. The third-order valence-electron chi connectivity index (χ3n) is 6.42. The van der Waals surface area contributed by atoms with Gasteiger partial charge in [0.1, 0.15) is 17.5 Å². The Bertz CT molecular complexity index is 1060. The maximum Gasteiger partial charge on any atom is 0.329 e. The van der Waals surface area contributed by atoms with Crippen LogP contribution in [-0.4, -0.2) is 38.4 Å². The third kappa shape index (κ3) is 5.37. The standard InChI is InChI=1S/C26H32ClN3O3/c1-16(25(32)33-26(2,3)4)30-15-19-11-10-18(13-20(19)24(30)31)23-21(27)14-28-22(29-23)12-17-8-6-5-7-9-17/h10-11,13-14,16-17H,5-9,12,15H2,1-4H3/t16-/m1/s1. The highest BCUT2D eigenvalue weighted by molar-refractivity contribution is 6.32. The molecule has 1 amide bonds. The van der Waals surface area contributed by atoms with Gasteiger partial charge in [-0.05, 0) is 45.2 Å². The molecule has 0 radical (unpaired) electrons. The molecule has 176 valence electrons. The molecule has 0 N–H and O–H groups in total.